The van der Waals surface area contributed by atoms with Crippen molar-refractivity contribution in [2.45, 2.75) is 46.0 Å². The number of amides is 2. The first kappa shape index (κ1) is 21.2. The fraction of sp³-hybridized carbons (Fsp3) is 0.889. The van der Waals surface area contributed by atoms with Crippen molar-refractivity contribution in [2.24, 2.45) is 17.8 Å². The molecule has 2 atom stereocenters. The van der Waals surface area contributed by atoms with E-state index in [0.717, 1.165) is 58.3 Å². The van der Waals surface area contributed by atoms with Gasteiger partial charge in [-0.15, -0.1) is 12.4 Å². The van der Waals surface area contributed by atoms with Gasteiger partial charge in [0.25, 0.3) is 0 Å². The van der Waals surface area contributed by atoms with E-state index in [1.807, 2.05) is 30.7 Å². The Hall–Kier alpha value is -0.810. The predicted octanol–water partition coefficient (Wildman–Crippen LogP) is 2.15. The topological polar surface area (TPSA) is 52.7 Å². The molecule has 2 rings (SSSR count). The average molecular weight is 360 g/mol. The van der Waals surface area contributed by atoms with Gasteiger partial charge < -0.3 is 15.1 Å². The third-order valence-electron chi connectivity index (χ3n) is 5.54. The van der Waals surface area contributed by atoms with E-state index in [4.69, 9.17) is 0 Å². The Balaban J connectivity index is 0.00000288. The number of hydrogen-bond donors (Lipinski definition) is 1. The van der Waals surface area contributed by atoms with Crippen molar-refractivity contribution >= 4 is 24.2 Å². The molecule has 24 heavy (non-hydrogen) atoms. The van der Waals surface area contributed by atoms with Gasteiger partial charge in [-0.25, -0.2) is 0 Å². The molecule has 2 saturated heterocycles. The monoisotopic (exact) mass is 359 g/mol. The zero-order chi connectivity index (χ0) is 16.8. The highest BCUT2D eigenvalue weighted by Crippen LogP contribution is 2.24. The lowest BCUT2D eigenvalue weighted by Crippen LogP contribution is -2.49. The smallest absolute Gasteiger partial charge is 0.227 e. The maximum absolute atomic E-state index is 12.8. The quantitative estimate of drug-likeness (QED) is 0.818. The van der Waals surface area contributed by atoms with Crippen molar-refractivity contribution in [3.05, 3.63) is 0 Å². The molecular formula is C18H34ClN3O2. The SMILES string of the molecule is CCC(C)C(=O)N1CCCC(C(=O)N2CCC(CNC)CC2)C1.Cl. The lowest BCUT2D eigenvalue weighted by Gasteiger charge is -2.38. The lowest BCUT2D eigenvalue weighted by molar-refractivity contribution is -0.143. The summed E-state index contributed by atoms with van der Waals surface area (Å²) in [5, 5.41) is 3.23. The Labute approximate surface area is 152 Å². The first-order valence-electron chi connectivity index (χ1n) is 9.29. The van der Waals surface area contributed by atoms with Gasteiger partial charge in [-0.05, 0) is 51.6 Å². The van der Waals surface area contributed by atoms with E-state index < -0.39 is 0 Å². The fourth-order valence-corrected chi connectivity index (χ4v) is 3.77. The molecule has 0 aromatic rings. The molecule has 1 N–H and O–H groups in total. The van der Waals surface area contributed by atoms with Crippen LogP contribution in [0.25, 0.3) is 0 Å². The van der Waals surface area contributed by atoms with Gasteiger partial charge in [0.05, 0.1) is 5.92 Å². The summed E-state index contributed by atoms with van der Waals surface area (Å²) in [4.78, 5) is 29.1. The second kappa shape index (κ2) is 10.2. The summed E-state index contributed by atoms with van der Waals surface area (Å²) >= 11 is 0. The lowest BCUT2D eigenvalue weighted by atomic mass is 9.92. The van der Waals surface area contributed by atoms with Crippen molar-refractivity contribution in [1.82, 2.24) is 15.1 Å². The van der Waals surface area contributed by atoms with Gasteiger partial charge in [0.1, 0.15) is 0 Å². The molecule has 2 aliphatic rings. The van der Waals surface area contributed by atoms with Gasteiger partial charge in [-0.3, -0.25) is 9.59 Å². The van der Waals surface area contributed by atoms with Crippen molar-refractivity contribution in [3.63, 3.8) is 0 Å². The van der Waals surface area contributed by atoms with Crippen LogP contribution in [0.5, 0.6) is 0 Å². The van der Waals surface area contributed by atoms with Crippen LogP contribution in [-0.4, -0.2) is 61.4 Å². The molecule has 2 amide bonds. The number of hydrogen-bond acceptors (Lipinski definition) is 3. The summed E-state index contributed by atoms with van der Waals surface area (Å²) < 4.78 is 0. The summed E-state index contributed by atoms with van der Waals surface area (Å²) in [5.41, 5.74) is 0. The molecule has 0 bridgehead atoms. The van der Waals surface area contributed by atoms with Crippen LogP contribution in [0.4, 0.5) is 0 Å². The molecule has 2 aliphatic heterocycles. The summed E-state index contributed by atoms with van der Waals surface area (Å²) in [6.07, 6.45) is 4.94. The molecule has 140 valence electrons. The minimum atomic E-state index is 0. The van der Waals surface area contributed by atoms with E-state index in [2.05, 4.69) is 5.32 Å². The molecule has 2 unspecified atom stereocenters. The highest BCUT2D eigenvalue weighted by atomic mass is 35.5. The van der Waals surface area contributed by atoms with Gasteiger partial charge in [0.2, 0.25) is 11.8 Å². The van der Waals surface area contributed by atoms with Crippen LogP contribution in [0, 0.1) is 17.8 Å². The van der Waals surface area contributed by atoms with Crippen molar-refractivity contribution in [3.8, 4) is 0 Å². The summed E-state index contributed by atoms with van der Waals surface area (Å²) in [5.74, 6) is 1.27. The van der Waals surface area contributed by atoms with E-state index in [1.165, 1.54) is 0 Å². The Kier molecular flexibility index (Phi) is 9.06. The number of nitrogens with one attached hydrogen (secondary N) is 1. The van der Waals surface area contributed by atoms with Gasteiger partial charge in [0.15, 0.2) is 0 Å². The highest BCUT2D eigenvalue weighted by Gasteiger charge is 2.33. The third-order valence-corrected chi connectivity index (χ3v) is 5.54. The second-order valence-corrected chi connectivity index (χ2v) is 7.26. The van der Waals surface area contributed by atoms with Crippen LogP contribution in [0.3, 0.4) is 0 Å². The van der Waals surface area contributed by atoms with E-state index in [9.17, 15) is 9.59 Å². The largest absolute Gasteiger partial charge is 0.342 e. The number of piperidine rings is 2. The summed E-state index contributed by atoms with van der Waals surface area (Å²) in [6, 6.07) is 0. The zero-order valence-corrected chi connectivity index (χ0v) is 16.2. The highest BCUT2D eigenvalue weighted by molar-refractivity contribution is 5.85. The normalized spacial score (nSPS) is 23.5. The van der Waals surface area contributed by atoms with Gasteiger partial charge in [-0.1, -0.05) is 13.8 Å². The maximum Gasteiger partial charge on any atom is 0.227 e. The zero-order valence-electron chi connectivity index (χ0n) is 15.4. The summed E-state index contributed by atoms with van der Waals surface area (Å²) in [7, 11) is 1.99. The van der Waals surface area contributed by atoms with E-state index >= 15 is 0 Å². The Morgan fingerprint density at radius 3 is 2.38 bits per heavy atom. The molecule has 0 spiro atoms. The molecular weight excluding hydrogens is 326 g/mol. The molecule has 0 radical (unpaired) electrons. The minimum absolute atomic E-state index is 0. The van der Waals surface area contributed by atoms with E-state index in [0.29, 0.717) is 12.5 Å². The molecule has 2 heterocycles. The molecule has 2 fully saturated rings. The molecule has 0 aromatic heterocycles. The number of rotatable bonds is 5. The summed E-state index contributed by atoms with van der Waals surface area (Å²) in [6.45, 7) is 8.27. The number of halogens is 1. The standard InChI is InChI=1S/C18H33N3O2.ClH/c1-4-14(2)17(22)21-9-5-6-16(13-21)18(23)20-10-7-15(8-11-20)12-19-3;/h14-16,19H,4-13H2,1-3H3;1H. The molecule has 0 aromatic carbocycles. The Morgan fingerprint density at radius 1 is 1.12 bits per heavy atom. The van der Waals surface area contributed by atoms with Crippen LogP contribution in [-0.2, 0) is 9.59 Å². The number of nitrogens with zero attached hydrogens (tertiary/aromatic N) is 2. The molecule has 0 aliphatic carbocycles. The molecule has 6 heteroatoms. The van der Waals surface area contributed by atoms with Crippen molar-refractivity contribution < 1.29 is 9.59 Å². The Morgan fingerprint density at radius 2 is 1.79 bits per heavy atom. The number of likely N-dealkylation sites (tertiary alicyclic amines) is 2. The minimum Gasteiger partial charge on any atom is -0.342 e. The Bertz CT molecular complexity index is 411. The average Bonchev–Trinajstić information content (AvgIpc) is 2.61. The van der Waals surface area contributed by atoms with Gasteiger partial charge in [0, 0.05) is 32.1 Å². The van der Waals surface area contributed by atoms with Gasteiger partial charge in [-0.2, -0.15) is 0 Å². The number of carbonyl (C=O) groups is 2. The van der Waals surface area contributed by atoms with Crippen LogP contribution in [0.15, 0.2) is 0 Å². The second-order valence-electron chi connectivity index (χ2n) is 7.26. The fourth-order valence-electron chi connectivity index (χ4n) is 3.77. The van der Waals surface area contributed by atoms with E-state index in [-0.39, 0.29) is 36.1 Å². The number of carbonyl (C=O) groups excluding carboxylic acids is 2. The van der Waals surface area contributed by atoms with Crippen molar-refractivity contribution in [1.29, 1.82) is 0 Å². The first-order chi connectivity index (χ1) is 11.1. The van der Waals surface area contributed by atoms with Crippen LogP contribution < -0.4 is 5.32 Å². The van der Waals surface area contributed by atoms with Crippen molar-refractivity contribution in [2.75, 3.05) is 39.8 Å². The molecule has 0 saturated carbocycles. The van der Waals surface area contributed by atoms with Gasteiger partial charge >= 0.3 is 0 Å². The first-order valence-corrected chi connectivity index (χ1v) is 9.29. The predicted molar refractivity (Wildman–Crippen MR) is 99.2 cm³/mol. The van der Waals surface area contributed by atoms with Crippen LogP contribution in [0.2, 0.25) is 0 Å². The van der Waals surface area contributed by atoms with Crippen LogP contribution >= 0.6 is 12.4 Å². The third kappa shape index (κ3) is 5.35. The molecule has 5 nitrogen and oxygen atoms in total. The van der Waals surface area contributed by atoms with Crippen LogP contribution in [0.1, 0.15) is 46.0 Å². The maximum atomic E-state index is 12.8. The van der Waals surface area contributed by atoms with E-state index in [1.54, 1.807) is 0 Å².